The van der Waals surface area contributed by atoms with Crippen molar-refractivity contribution in [1.29, 1.82) is 0 Å². The van der Waals surface area contributed by atoms with Gasteiger partial charge in [-0.05, 0) is 32.9 Å². The van der Waals surface area contributed by atoms with Gasteiger partial charge in [0, 0.05) is 31.7 Å². The molecule has 2 rings (SSSR count). The van der Waals surface area contributed by atoms with Gasteiger partial charge in [0.05, 0.1) is 0 Å². The number of alkyl carbamates (subject to hydrolysis) is 1. The number of hydrogen-bond acceptors (Lipinski definition) is 7. The SMILES string of the molecule is CC(C)(C)OC(=O)NCC(=O)N1CCN(C(=O)c2cc(O)c(O)c(O)c2)CC1. The fourth-order valence-electron chi connectivity index (χ4n) is 2.64. The molecule has 1 heterocycles. The quantitative estimate of drug-likeness (QED) is 0.550. The lowest BCUT2D eigenvalue weighted by atomic mass is 10.1. The van der Waals surface area contributed by atoms with Gasteiger partial charge in [0.2, 0.25) is 5.91 Å². The van der Waals surface area contributed by atoms with E-state index in [1.54, 1.807) is 20.8 Å². The fraction of sp³-hybridized carbons (Fsp3) is 0.500. The molecule has 1 aliphatic heterocycles. The minimum absolute atomic E-state index is 0.0270. The maximum Gasteiger partial charge on any atom is 0.408 e. The number of phenols is 3. The normalized spacial score (nSPS) is 14.5. The van der Waals surface area contributed by atoms with Crippen LogP contribution in [0.4, 0.5) is 4.79 Å². The van der Waals surface area contributed by atoms with Crippen molar-refractivity contribution in [2.24, 2.45) is 0 Å². The zero-order valence-corrected chi connectivity index (χ0v) is 16.1. The molecule has 10 nitrogen and oxygen atoms in total. The van der Waals surface area contributed by atoms with E-state index in [0.717, 1.165) is 12.1 Å². The van der Waals surface area contributed by atoms with Crippen LogP contribution in [0.25, 0.3) is 0 Å². The third-order valence-electron chi connectivity index (χ3n) is 4.02. The number of hydrogen-bond donors (Lipinski definition) is 4. The fourth-order valence-corrected chi connectivity index (χ4v) is 2.64. The van der Waals surface area contributed by atoms with E-state index in [-0.39, 0.29) is 44.2 Å². The van der Waals surface area contributed by atoms with Crippen molar-refractivity contribution in [3.63, 3.8) is 0 Å². The summed E-state index contributed by atoms with van der Waals surface area (Å²) in [5.74, 6) is -2.61. The molecule has 0 bridgehead atoms. The molecule has 0 spiro atoms. The molecule has 3 amide bonds. The Kier molecular flexibility index (Phi) is 6.22. The highest BCUT2D eigenvalue weighted by atomic mass is 16.6. The second-order valence-corrected chi connectivity index (χ2v) is 7.39. The van der Waals surface area contributed by atoms with Crippen molar-refractivity contribution < 1.29 is 34.4 Å². The van der Waals surface area contributed by atoms with E-state index in [0.29, 0.717) is 0 Å². The summed E-state index contributed by atoms with van der Waals surface area (Å²) >= 11 is 0. The van der Waals surface area contributed by atoms with Crippen molar-refractivity contribution in [2.75, 3.05) is 32.7 Å². The zero-order valence-electron chi connectivity index (χ0n) is 16.1. The van der Waals surface area contributed by atoms with Crippen molar-refractivity contribution in [1.82, 2.24) is 15.1 Å². The number of ether oxygens (including phenoxy) is 1. The molecule has 1 aromatic rings. The summed E-state index contributed by atoms with van der Waals surface area (Å²) in [7, 11) is 0. The summed E-state index contributed by atoms with van der Waals surface area (Å²) in [6, 6.07) is 2.14. The van der Waals surface area contributed by atoms with Crippen LogP contribution in [0.3, 0.4) is 0 Å². The van der Waals surface area contributed by atoms with Gasteiger partial charge in [0.1, 0.15) is 12.1 Å². The Morgan fingerprint density at radius 2 is 1.50 bits per heavy atom. The minimum Gasteiger partial charge on any atom is -0.504 e. The lowest BCUT2D eigenvalue weighted by Gasteiger charge is -2.35. The number of phenolic OH excluding ortho intramolecular Hbond substituents is 3. The highest BCUT2D eigenvalue weighted by Crippen LogP contribution is 2.35. The van der Waals surface area contributed by atoms with Crippen LogP contribution < -0.4 is 5.32 Å². The van der Waals surface area contributed by atoms with Gasteiger partial charge in [-0.25, -0.2) is 4.79 Å². The van der Waals surface area contributed by atoms with Crippen LogP contribution >= 0.6 is 0 Å². The van der Waals surface area contributed by atoms with Gasteiger partial charge < -0.3 is 35.2 Å². The number of aromatic hydroxyl groups is 3. The van der Waals surface area contributed by atoms with Gasteiger partial charge >= 0.3 is 6.09 Å². The molecule has 28 heavy (non-hydrogen) atoms. The number of piperazine rings is 1. The van der Waals surface area contributed by atoms with Gasteiger partial charge in [-0.15, -0.1) is 0 Å². The van der Waals surface area contributed by atoms with E-state index in [9.17, 15) is 29.7 Å². The molecule has 10 heteroatoms. The number of nitrogens with zero attached hydrogens (tertiary/aromatic N) is 2. The first-order valence-corrected chi connectivity index (χ1v) is 8.77. The first kappa shape index (κ1) is 21.1. The number of benzene rings is 1. The molecule has 0 saturated carbocycles. The molecular formula is C18H25N3O7. The molecule has 0 aliphatic carbocycles. The first-order chi connectivity index (χ1) is 13.0. The molecule has 154 valence electrons. The molecule has 0 aromatic heterocycles. The second kappa shape index (κ2) is 8.24. The lowest BCUT2D eigenvalue weighted by Crippen LogP contribution is -2.52. The third kappa shape index (κ3) is 5.41. The first-order valence-electron chi connectivity index (χ1n) is 8.77. The Morgan fingerprint density at radius 1 is 1.00 bits per heavy atom. The zero-order chi connectivity index (χ0) is 21.1. The standard InChI is InChI=1S/C18H25N3O7/c1-18(2,3)28-17(27)19-10-14(24)20-4-6-21(7-5-20)16(26)11-8-12(22)15(25)13(23)9-11/h8-9,22-23,25H,4-7,10H2,1-3H3,(H,19,27). The third-order valence-corrected chi connectivity index (χ3v) is 4.02. The van der Waals surface area contributed by atoms with Gasteiger partial charge in [0.15, 0.2) is 17.2 Å². The average molecular weight is 395 g/mol. The molecule has 0 atom stereocenters. The highest BCUT2D eigenvalue weighted by Gasteiger charge is 2.26. The van der Waals surface area contributed by atoms with Crippen molar-refractivity contribution >= 4 is 17.9 Å². The summed E-state index contributed by atoms with van der Waals surface area (Å²) in [4.78, 5) is 39.3. The van der Waals surface area contributed by atoms with E-state index in [1.807, 2.05) is 0 Å². The van der Waals surface area contributed by atoms with Gasteiger partial charge in [0.25, 0.3) is 5.91 Å². The van der Waals surface area contributed by atoms with Crippen LogP contribution in [0, 0.1) is 0 Å². The topological polar surface area (TPSA) is 140 Å². The maximum atomic E-state index is 12.5. The van der Waals surface area contributed by atoms with Crippen LogP contribution in [-0.4, -0.2) is 81.4 Å². The lowest BCUT2D eigenvalue weighted by molar-refractivity contribution is -0.131. The van der Waals surface area contributed by atoms with Gasteiger partial charge in [-0.2, -0.15) is 0 Å². The molecule has 0 radical (unpaired) electrons. The smallest absolute Gasteiger partial charge is 0.408 e. The van der Waals surface area contributed by atoms with Crippen LogP contribution in [0.5, 0.6) is 17.2 Å². The molecular weight excluding hydrogens is 370 g/mol. The predicted molar refractivity (Wildman–Crippen MR) is 98.2 cm³/mol. The number of carbonyl (C=O) groups is 3. The number of amides is 3. The Balaban J connectivity index is 1.86. The van der Waals surface area contributed by atoms with Crippen LogP contribution in [0.15, 0.2) is 12.1 Å². The molecule has 1 saturated heterocycles. The van der Waals surface area contributed by atoms with Crippen LogP contribution in [-0.2, 0) is 9.53 Å². The maximum absolute atomic E-state index is 12.5. The van der Waals surface area contributed by atoms with E-state index < -0.39 is 34.9 Å². The summed E-state index contributed by atoms with van der Waals surface area (Å²) in [6.07, 6.45) is -0.679. The highest BCUT2D eigenvalue weighted by molar-refractivity contribution is 5.95. The molecule has 1 aliphatic rings. The average Bonchev–Trinajstić information content (AvgIpc) is 2.62. The van der Waals surface area contributed by atoms with Gasteiger partial charge in [-0.3, -0.25) is 9.59 Å². The predicted octanol–water partition coefficient (Wildman–Crippen LogP) is 0.612. The number of nitrogens with one attached hydrogen (secondary N) is 1. The monoisotopic (exact) mass is 395 g/mol. The summed E-state index contributed by atoms with van der Waals surface area (Å²) in [5, 5.41) is 30.8. The van der Waals surface area contributed by atoms with E-state index >= 15 is 0 Å². The summed E-state index contributed by atoms with van der Waals surface area (Å²) in [6.45, 7) is 6.00. The molecule has 0 unspecified atom stereocenters. The van der Waals surface area contributed by atoms with Crippen molar-refractivity contribution in [3.8, 4) is 17.2 Å². The Morgan fingerprint density at radius 3 is 2.00 bits per heavy atom. The molecule has 1 aromatic carbocycles. The van der Waals surface area contributed by atoms with Crippen LogP contribution in [0.1, 0.15) is 31.1 Å². The largest absolute Gasteiger partial charge is 0.504 e. The number of carbonyl (C=O) groups excluding carboxylic acids is 3. The van der Waals surface area contributed by atoms with Crippen molar-refractivity contribution in [2.45, 2.75) is 26.4 Å². The summed E-state index contributed by atoms with van der Waals surface area (Å²) < 4.78 is 5.07. The second-order valence-electron chi connectivity index (χ2n) is 7.39. The molecule has 4 N–H and O–H groups in total. The van der Waals surface area contributed by atoms with E-state index in [1.165, 1.54) is 9.80 Å². The van der Waals surface area contributed by atoms with E-state index in [4.69, 9.17) is 4.74 Å². The minimum atomic E-state index is -0.690. The Hall–Kier alpha value is -3.17. The van der Waals surface area contributed by atoms with E-state index in [2.05, 4.69) is 5.32 Å². The van der Waals surface area contributed by atoms with Gasteiger partial charge in [-0.1, -0.05) is 0 Å². The molecule has 1 fully saturated rings. The van der Waals surface area contributed by atoms with Crippen molar-refractivity contribution in [3.05, 3.63) is 17.7 Å². The van der Waals surface area contributed by atoms with Crippen LogP contribution in [0.2, 0.25) is 0 Å². The Labute approximate surface area is 162 Å². The summed E-state index contributed by atoms with van der Waals surface area (Å²) in [5.41, 5.74) is -0.630. The number of rotatable bonds is 3. The Bertz CT molecular complexity index is 742.